The first-order chi connectivity index (χ1) is 4.40. The molecule has 9 heavy (non-hydrogen) atoms. The molecule has 2 bridgehead atoms. The molecular formula is C8H11S. The molecule has 0 spiro atoms. The molecule has 0 saturated heterocycles. The zero-order valence-electron chi connectivity index (χ0n) is 5.47. The van der Waals surface area contributed by atoms with Crippen LogP contribution in [0.4, 0.5) is 0 Å². The predicted octanol–water partition coefficient (Wildman–Crippen LogP) is 2.30. The lowest BCUT2D eigenvalue weighted by molar-refractivity contribution is 0.423. The molecule has 0 nitrogen and oxygen atoms in total. The van der Waals surface area contributed by atoms with Crippen LogP contribution in [-0.2, 0) is 0 Å². The molecule has 2 saturated carbocycles. The van der Waals surface area contributed by atoms with Gasteiger partial charge < -0.3 is 0 Å². The molecule has 1 radical (unpaired) electrons. The lowest BCUT2D eigenvalue weighted by Crippen LogP contribution is -2.09. The Kier molecular flexibility index (Phi) is 1.33. The zero-order valence-corrected chi connectivity index (χ0v) is 6.29. The van der Waals surface area contributed by atoms with Crippen LogP contribution in [-0.4, -0.2) is 5.37 Å². The number of hydrogen-bond acceptors (Lipinski definition) is 1. The monoisotopic (exact) mass is 139 g/mol. The van der Waals surface area contributed by atoms with Crippen LogP contribution in [0.5, 0.6) is 0 Å². The number of rotatable bonds is 1. The predicted molar refractivity (Wildman–Crippen MR) is 41.5 cm³/mol. The Morgan fingerprint density at radius 1 is 1.22 bits per heavy atom. The molecule has 0 N–H and O–H groups in total. The smallest absolute Gasteiger partial charge is 0.0328 e. The molecule has 2 aliphatic rings. The topological polar surface area (TPSA) is 0 Å². The van der Waals surface area contributed by atoms with Gasteiger partial charge in [-0.15, -0.1) is 0 Å². The van der Waals surface area contributed by atoms with Crippen molar-refractivity contribution in [3.63, 3.8) is 0 Å². The fourth-order valence-electron chi connectivity index (χ4n) is 2.39. The van der Waals surface area contributed by atoms with E-state index in [9.17, 15) is 0 Å². The molecule has 0 amide bonds. The van der Waals surface area contributed by atoms with Crippen molar-refractivity contribution in [1.82, 2.24) is 0 Å². The van der Waals surface area contributed by atoms with E-state index in [0.29, 0.717) is 5.92 Å². The molecule has 2 aliphatic carbocycles. The number of thiocarbonyl (C=S) groups is 1. The van der Waals surface area contributed by atoms with Gasteiger partial charge in [0.05, 0.1) is 0 Å². The van der Waals surface area contributed by atoms with E-state index < -0.39 is 0 Å². The molecule has 1 heteroatoms. The van der Waals surface area contributed by atoms with Gasteiger partial charge in [0, 0.05) is 5.37 Å². The van der Waals surface area contributed by atoms with E-state index in [2.05, 4.69) is 5.37 Å². The van der Waals surface area contributed by atoms with Crippen LogP contribution in [0.3, 0.4) is 0 Å². The molecule has 0 aliphatic heterocycles. The van der Waals surface area contributed by atoms with Crippen LogP contribution in [0.15, 0.2) is 0 Å². The largest absolute Gasteiger partial charge is 0.0834 e. The third kappa shape index (κ3) is 0.823. The maximum absolute atomic E-state index is 4.83. The average molecular weight is 139 g/mol. The first-order valence-electron chi connectivity index (χ1n) is 3.78. The lowest BCUT2D eigenvalue weighted by atomic mass is 9.91. The van der Waals surface area contributed by atoms with Crippen molar-refractivity contribution in [3.05, 3.63) is 0 Å². The summed E-state index contributed by atoms with van der Waals surface area (Å²) in [6.45, 7) is 0. The Bertz CT molecular complexity index is 131. The average Bonchev–Trinajstić information content (AvgIpc) is 2.45. The van der Waals surface area contributed by atoms with Crippen LogP contribution in [0.1, 0.15) is 25.7 Å². The second-order valence-electron chi connectivity index (χ2n) is 3.40. The lowest BCUT2D eigenvalue weighted by Gasteiger charge is -2.15. The van der Waals surface area contributed by atoms with Crippen molar-refractivity contribution in [2.75, 3.05) is 0 Å². The maximum Gasteiger partial charge on any atom is 0.0328 e. The summed E-state index contributed by atoms with van der Waals surface area (Å²) in [6.07, 6.45) is 5.71. The van der Waals surface area contributed by atoms with Gasteiger partial charge in [-0.05, 0) is 37.0 Å². The van der Waals surface area contributed by atoms with Crippen LogP contribution >= 0.6 is 12.2 Å². The minimum atomic E-state index is 0.693. The highest BCUT2D eigenvalue weighted by Gasteiger charge is 2.38. The first-order valence-corrected chi connectivity index (χ1v) is 4.18. The molecule has 0 aromatic heterocycles. The molecule has 0 heterocycles. The Hall–Kier alpha value is 0.0900. The highest BCUT2D eigenvalue weighted by Crippen LogP contribution is 2.47. The van der Waals surface area contributed by atoms with Crippen LogP contribution in [0.25, 0.3) is 0 Å². The van der Waals surface area contributed by atoms with E-state index in [0.717, 1.165) is 11.8 Å². The molecule has 0 aromatic carbocycles. The summed E-state index contributed by atoms with van der Waals surface area (Å²) in [4.78, 5) is 0. The van der Waals surface area contributed by atoms with Gasteiger partial charge in [0.25, 0.3) is 0 Å². The van der Waals surface area contributed by atoms with E-state index in [-0.39, 0.29) is 0 Å². The molecule has 3 unspecified atom stereocenters. The van der Waals surface area contributed by atoms with Gasteiger partial charge in [0.15, 0.2) is 0 Å². The summed E-state index contributed by atoms with van der Waals surface area (Å²) in [5, 5.41) is 2.98. The maximum atomic E-state index is 4.83. The van der Waals surface area contributed by atoms with E-state index in [1.807, 2.05) is 0 Å². The fourth-order valence-corrected chi connectivity index (χ4v) is 2.68. The van der Waals surface area contributed by atoms with Crippen molar-refractivity contribution in [2.24, 2.45) is 17.8 Å². The van der Waals surface area contributed by atoms with Crippen LogP contribution in [0.2, 0.25) is 0 Å². The van der Waals surface area contributed by atoms with Crippen molar-refractivity contribution in [2.45, 2.75) is 25.7 Å². The molecular weight excluding hydrogens is 128 g/mol. The van der Waals surface area contributed by atoms with Gasteiger partial charge >= 0.3 is 0 Å². The summed E-state index contributed by atoms with van der Waals surface area (Å²) >= 11 is 4.83. The number of hydrogen-bond donors (Lipinski definition) is 0. The van der Waals surface area contributed by atoms with E-state index >= 15 is 0 Å². The van der Waals surface area contributed by atoms with Crippen molar-refractivity contribution in [3.8, 4) is 0 Å². The van der Waals surface area contributed by atoms with E-state index in [4.69, 9.17) is 12.2 Å². The Labute approximate surface area is 61.6 Å². The molecule has 2 fully saturated rings. The normalized spacial score (nSPS) is 47.8. The van der Waals surface area contributed by atoms with Crippen molar-refractivity contribution >= 4 is 17.6 Å². The van der Waals surface area contributed by atoms with Gasteiger partial charge in [-0.25, -0.2) is 0 Å². The molecule has 3 atom stereocenters. The highest BCUT2D eigenvalue weighted by atomic mass is 32.1. The Balaban J connectivity index is 2.09. The molecule has 0 aromatic rings. The quantitative estimate of drug-likeness (QED) is 0.502. The van der Waals surface area contributed by atoms with Crippen LogP contribution < -0.4 is 0 Å². The molecule has 2 rings (SSSR count). The summed E-state index contributed by atoms with van der Waals surface area (Å²) in [6, 6.07) is 0. The standard InChI is InChI=1S/C8H11S/c9-5-8-4-6-1-2-7(8)3-6/h6-8H,1-4H2. The summed E-state index contributed by atoms with van der Waals surface area (Å²) in [5.41, 5.74) is 0. The fraction of sp³-hybridized carbons (Fsp3) is 0.875. The van der Waals surface area contributed by atoms with Gasteiger partial charge in [-0.1, -0.05) is 18.6 Å². The van der Waals surface area contributed by atoms with Crippen molar-refractivity contribution < 1.29 is 0 Å². The third-order valence-corrected chi connectivity index (χ3v) is 3.19. The van der Waals surface area contributed by atoms with Crippen LogP contribution in [0, 0.1) is 17.8 Å². The third-order valence-electron chi connectivity index (χ3n) is 2.89. The SMILES string of the molecule is S=[C]C1CC2CCC1C2. The highest BCUT2D eigenvalue weighted by molar-refractivity contribution is 7.79. The minimum absolute atomic E-state index is 0.693. The van der Waals surface area contributed by atoms with E-state index in [1.54, 1.807) is 0 Å². The van der Waals surface area contributed by atoms with Gasteiger partial charge in [0.1, 0.15) is 0 Å². The Morgan fingerprint density at radius 3 is 2.44 bits per heavy atom. The Morgan fingerprint density at radius 2 is 2.11 bits per heavy atom. The van der Waals surface area contributed by atoms with Gasteiger partial charge in [-0.2, -0.15) is 0 Å². The summed E-state index contributed by atoms with van der Waals surface area (Å²) in [5.74, 6) is 2.65. The summed E-state index contributed by atoms with van der Waals surface area (Å²) in [7, 11) is 0. The van der Waals surface area contributed by atoms with Crippen molar-refractivity contribution in [1.29, 1.82) is 0 Å². The van der Waals surface area contributed by atoms with Gasteiger partial charge in [0.2, 0.25) is 0 Å². The molecule has 49 valence electrons. The zero-order chi connectivity index (χ0) is 6.27. The minimum Gasteiger partial charge on any atom is -0.0834 e. The second-order valence-corrected chi connectivity index (χ2v) is 3.63. The summed E-state index contributed by atoms with van der Waals surface area (Å²) < 4.78 is 0. The first kappa shape index (κ1) is 5.84. The van der Waals surface area contributed by atoms with E-state index in [1.165, 1.54) is 25.7 Å². The number of fused-ring (bicyclic) bond motifs is 2. The second kappa shape index (κ2) is 2.05. The van der Waals surface area contributed by atoms with Gasteiger partial charge in [-0.3, -0.25) is 0 Å².